The first-order chi connectivity index (χ1) is 22.1. The third-order valence-corrected chi connectivity index (χ3v) is 11.6. The van der Waals surface area contributed by atoms with Gasteiger partial charge >= 0.3 is 0 Å². The van der Waals surface area contributed by atoms with Gasteiger partial charge in [-0.05, 0) is 90.7 Å². The van der Waals surface area contributed by atoms with Crippen molar-refractivity contribution in [1.29, 1.82) is 0 Å². The molecule has 0 amide bonds. The van der Waals surface area contributed by atoms with Gasteiger partial charge in [-0.2, -0.15) is 0 Å². The molecule has 0 aliphatic heterocycles. The minimum Gasteiger partial charge on any atom is -0.398 e. The Morgan fingerprint density at radius 2 is 1.00 bits per heavy atom. The van der Waals surface area contributed by atoms with Crippen LogP contribution in [0.5, 0.6) is 0 Å². The van der Waals surface area contributed by atoms with Gasteiger partial charge in [0, 0.05) is 27.9 Å². The number of rotatable bonds is 11. The molecule has 4 aromatic carbocycles. The molecule has 2 saturated carbocycles. The summed E-state index contributed by atoms with van der Waals surface area (Å²) in [6.07, 6.45) is 19.5. The van der Waals surface area contributed by atoms with E-state index >= 15 is 0 Å². The molecule has 2 aliphatic carbocycles. The van der Waals surface area contributed by atoms with E-state index in [1.807, 2.05) is 24.3 Å². The minimum atomic E-state index is 0.0354. The third-order valence-electron chi connectivity index (χ3n) is 11.6. The van der Waals surface area contributed by atoms with Crippen LogP contribution in [0.15, 0.2) is 97.1 Å². The number of hydrogen-bond donors (Lipinski definition) is 2. The van der Waals surface area contributed by atoms with E-state index in [1.165, 1.54) is 112 Å². The smallest absolute Gasteiger partial charge is 0.0393 e. The Bertz CT molecular complexity index is 1390. The zero-order valence-corrected chi connectivity index (χ0v) is 27.5. The SMILES string of the molecule is CCCCCCCC1CCC(C2CCC(c3ccc(-c4ccccc4N)cc3)(c3ccc(-c4ccccc4N)cc3)CC2)CC1. The molecule has 0 bridgehead atoms. The third kappa shape index (κ3) is 7.16. The van der Waals surface area contributed by atoms with Crippen molar-refractivity contribution in [1.82, 2.24) is 0 Å². The summed E-state index contributed by atoms with van der Waals surface area (Å²) in [7, 11) is 0. The molecule has 0 unspecified atom stereocenters. The molecule has 2 nitrogen and oxygen atoms in total. The van der Waals surface area contributed by atoms with Crippen LogP contribution in [0.1, 0.15) is 108 Å². The highest BCUT2D eigenvalue weighted by atomic mass is 14.6. The molecule has 2 aliphatic rings. The second kappa shape index (κ2) is 14.7. The Hall–Kier alpha value is -3.52. The van der Waals surface area contributed by atoms with Gasteiger partial charge < -0.3 is 11.5 Å². The number of nitrogens with two attached hydrogens (primary N) is 2. The second-order valence-electron chi connectivity index (χ2n) is 14.2. The van der Waals surface area contributed by atoms with Gasteiger partial charge in [0.25, 0.3) is 0 Å². The summed E-state index contributed by atoms with van der Waals surface area (Å²) in [6.45, 7) is 2.31. The van der Waals surface area contributed by atoms with Crippen LogP contribution in [0.3, 0.4) is 0 Å². The molecule has 0 radical (unpaired) electrons. The van der Waals surface area contributed by atoms with Crippen molar-refractivity contribution in [3.05, 3.63) is 108 Å². The van der Waals surface area contributed by atoms with Crippen LogP contribution in [0.25, 0.3) is 22.3 Å². The van der Waals surface area contributed by atoms with E-state index in [4.69, 9.17) is 11.5 Å². The fourth-order valence-electron chi connectivity index (χ4n) is 8.79. The van der Waals surface area contributed by atoms with Crippen LogP contribution in [-0.4, -0.2) is 0 Å². The molecule has 0 atom stereocenters. The summed E-state index contributed by atoms with van der Waals surface area (Å²) in [5.41, 5.74) is 21.9. The van der Waals surface area contributed by atoms with Crippen LogP contribution in [0.2, 0.25) is 0 Å². The number of unbranched alkanes of at least 4 members (excludes halogenated alkanes) is 4. The normalized spacial score (nSPS) is 20.2. The van der Waals surface area contributed by atoms with E-state index in [0.717, 1.165) is 40.3 Å². The van der Waals surface area contributed by atoms with Gasteiger partial charge in [0.1, 0.15) is 0 Å². The maximum Gasteiger partial charge on any atom is 0.0393 e. The van der Waals surface area contributed by atoms with Crippen LogP contribution >= 0.6 is 0 Å². The van der Waals surface area contributed by atoms with E-state index in [0.29, 0.717) is 0 Å². The number of benzene rings is 4. The van der Waals surface area contributed by atoms with E-state index in [9.17, 15) is 0 Å². The van der Waals surface area contributed by atoms with Crippen molar-refractivity contribution in [3.8, 4) is 22.3 Å². The monoisotopic (exact) mass is 598 g/mol. The molecule has 45 heavy (non-hydrogen) atoms. The Morgan fingerprint density at radius 3 is 1.49 bits per heavy atom. The predicted octanol–water partition coefficient (Wildman–Crippen LogP) is 11.8. The molecular formula is C43H54N2. The summed E-state index contributed by atoms with van der Waals surface area (Å²) < 4.78 is 0. The standard InChI is InChI=1S/C43H54N2/c1-2-3-4-5-6-11-32-16-18-33(19-17-32)34-28-30-43(31-29-34,37-24-20-35(21-25-37)39-12-7-9-14-41(39)44)38-26-22-36(23-27-38)40-13-8-10-15-42(40)45/h7-10,12-15,20-27,32-34H,2-6,11,16-19,28-31,44-45H2,1H3. The summed E-state index contributed by atoms with van der Waals surface area (Å²) in [5, 5.41) is 0. The van der Waals surface area contributed by atoms with E-state index in [-0.39, 0.29) is 5.41 Å². The molecule has 0 spiro atoms. The summed E-state index contributed by atoms with van der Waals surface area (Å²) in [4.78, 5) is 0. The van der Waals surface area contributed by atoms with Crippen LogP contribution in [0.4, 0.5) is 11.4 Å². The van der Waals surface area contributed by atoms with Crippen molar-refractivity contribution >= 4 is 11.4 Å². The van der Waals surface area contributed by atoms with Gasteiger partial charge in [-0.15, -0.1) is 0 Å². The highest BCUT2D eigenvalue weighted by Crippen LogP contribution is 2.51. The molecule has 4 aromatic rings. The lowest BCUT2D eigenvalue weighted by Crippen LogP contribution is -2.36. The first-order valence-corrected chi connectivity index (χ1v) is 18.0. The largest absolute Gasteiger partial charge is 0.398 e. The lowest BCUT2D eigenvalue weighted by atomic mass is 9.60. The first kappa shape index (κ1) is 31.5. The second-order valence-corrected chi connectivity index (χ2v) is 14.2. The molecule has 2 heteroatoms. The molecule has 4 N–H and O–H groups in total. The molecule has 236 valence electrons. The minimum absolute atomic E-state index is 0.0354. The fraction of sp³-hybridized carbons (Fsp3) is 0.442. The highest BCUT2D eigenvalue weighted by molar-refractivity contribution is 5.77. The number of anilines is 2. The van der Waals surface area contributed by atoms with Crippen LogP contribution < -0.4 is 11.5 Å². The van der Waals surface area contributed by atoms with Gasteiger partial charge in [0.05, 0.1) is 0 Å². The molecule has 6 rings (SSSR count). The molecule has 0 aromatic heterocycles. The average molecular weight is 599 g/mol. The lowest BCUT2D eigenvalue weighted by Gasteiger charge is -2.45. The zero-order chi connectivity index (χ0) is 31.1. The van der Waals surface area contributed by atoms with E-state index in [2.05, 4.69) is 79.7 Å². The van der Waals surface area contributed by atoms with Crippen molar-refractivity contribution < 1.29 is 0 Å². The van der Waals surface area contributed by atoms with E-state index in [1.54, 1.807) is 0 Å². The summed E-state index contributed by atoms with van der Waals surface area (Å²) >= 11 is 0. The first-order valence-electron chi connectivity index (χ1n) is 18.0. The number of para-hydroxylation sites is 2. The fourth-order valence-corrected chi connectivity index (χ4v) is 8.79. The van der Waals surface area contributed by atoms with Crippen LogP contribution in [-0.2, 0) is 5.41 Å². The molecule has 0 saturated heterocycles. The summed E-state index contributed by atoms with van der Waals surface area (Å²) in [5.74, 6) is 2.78. The topological polar surface area (TPSA) is 52.0 Å². The van der Waals surface area contributed by atoms with E-state index < -0.39 is 0 Å². The maximum atomic E-state index is 6.35. The van der Waals surface area contributed by atoms with Gasteiger partial charge in [-0.1, -0.05) is 143 Å². The van der Waals surface area contributed by atoms with Gasteiger partial charge in [0.2, 0.25) is 0 Å². The van der Waals surface area contributed by atoms with Gasteiger partial charge in [-0.3, -0.25) is 0 Å². The Labute approximate surface area is 272 Å². The van der Waals surface area contributed by atoms with Crippen molar-refractivity contribution in [2.75, 3.05) is 11.5 Å². The van der Waals surface area contributed by atoms with Crippen molar-refractivity contribution in [3.63, 3.8) is 0 Å². The molecule has 0 heterocycles. The Kier molecular flexibility index (Phi) is 10.3. The van der Waals surface area contributed by atoms with Crippen molar-refractivity contribution in [2.45, 2.75) is 102 Å². The van der Waals surface area contributed by atoms with Crippen LogP contribution in [0, 0.1) is 17.8 Å². The highest BCUT2D eigenvalue weighted by Gasteiger charge is 2.41. The average Bonchev–Trinajstić information content (AvgIpc) is 3.09. The molecule has 2 fully saturated rings. The van der Waals surface area contributed by atoms with Crippen molar-refractivity contribution in [2.24, 2.45) is 17.8 Å². The molecular weight excluding hydrogens is 544 g/mol. The Morgan fingerprint density at radius 1 is 0.533 bits per heavy atom. The van der Waals surface area contributed by atoms with Gasteiger partial charge in [-0.25, -0.2) is 0 Å². The Balaban J connectivity index is 1.19. The van der Waals surface area contributed by atoms with Gasteiger partial charge in [0.15, 0.2) is 0 Å². The zero-order valence-electron chi connectivity index (χ0n) is 27.5. The number of hydrogen-bond acceptors (Lipinski definition) is 2. The maximum absolute atomic E-state index is 6.35. The number of nitrogen functional groups attached to an aromatic ring is 2. The predicted molar refractivity (Wildman–Crippen MR) is 194 cm³/mol. The quantitative estimate of drug-likeness (QED) is 0.133. The summed E-state index contributed by atoms with van der Waals surface area (Å²) in [6, 6.07) is 35.1. The lowest BCUT2D eigenvalue weighted by molar-refractivity contribution is 0.140.